The molecule has 0 spiro atoms. The molecule has 4 heterocycles. The largest absolute Gasteiger partial charge is 0.474 e. The van der Waals surface area contributed by atoms with Crippen LogP contribution in [-0.4, -0.2) is 371 Å². The van der Waals surface area contributed by atoms with Gasteiger partial charge in [0.1, 0.15) is 60.8 Å². The third-order valence-corrected chi connectivity index (χ3v) is 24.6. The maximum atomic E-state index is 13.7. The average molecular weight is 1980 g/mol. The van der Waals surface area contributed by atoms with Gasteiger partial charge in [0.05, 0.1) is 162 Å². The van der Waals surface area contributed by atoms with Gasteiger partial charge in [-0.15, -0.1) is 0 Å². The molecular weight excluding hydrogens is 1840 g/mol. The van der Waals surface area contributed by atoms with Crippen LogP contribution in [0.2, 0.25) is 0 Å². The van der Waals surface area contributed by atoms with Crippen molar-refractivity contribution < 1.29 is 214 Å². The third kappa shape index (κ3) is 48.9. The highest BCUT2D eigenvalue weighted by molar-refractivity contribution is 7.52. The number of aliphatic hydroxyl groups excluding tert-OH is 10. The first-order chi connectivity index (χ1) is 60.7. The SMILES string of the molecule is C[C@@H](O)C(CO)O[C@@H](OCCCCCCOP(=O)(O)OCCCOCC(COCCCOP(=O)(O)OCCCCCCO[C@H](OC(CO)[C@@H](C)O)[C@@H](N)CO)(COCCCOP(=O)(O)OCCCCCCO[C@@H]1OC(CO)[C@H](O)C(O)[C@@H]1N)COP(=O)(O)OCOCC(CO)COCOP(=O)(O)O[C@H]1C[C@H](n2cnc3c(N)ncnc32)O[C@@H]1COP(C)(=O)O)[C@@H](C)CO. The first kappa shape index (κ1) is 118. The van der Waals surface area contributed by atoms with E-state index in [0.717, 1.165) is 6.66 Å². The van der Waals surface area contributed by atoms with Gasteiger partial charge in [-0.3, -0.25) is 54.4 Å². The summed E-state index contributed by atoms with van der Waals surface area (Å²) in [6.07, 6.45) is -6.60. The van der Waals surface area contributed by atoms with Crippen LogP contribution in [0.25, 0.3) is 11.2 Å². The molecule has 2 saturated heterocycles. The Labute approximate surface area is 742 Å². The number of nitrogen functional groups attached to an aromatic ring is 1. The summed E-state index contributed by atoms with van der Waals surface area (Å²) >= 11 is 0. The zero-order valence-electron chi connectivity index (χ0n) is 72.6. The van der Waals surface area contributed by atoms with Crippen molar-refractivity contribution in [2.24, 2.45) is 28.7 Å². The highest BCUT2D eigenvalue weighted by Crippen LogP contribution is 2.51. The van der Waals surface area contributed by atoms with Crippen molar-refractivity contribution in [1.29, 1.82) is 0 Å². The molecule has 128 heavy (non-hydrogen) atoms. The topological polar surface area (TPSA) is 760 Å². The van der Waals surface area contributed by atoms with E-state index >= 15 is 0 Å². The molecule has 52 nitrogen and oxygen atoms in total. The lowest BCUT2D eigenvalue weighted by atomic mass is 9.92. The van der Waals surface area contributed by atoms with Gasteiger partial charge in [0, 0.05) is 64.6 Å². The molecule has 0 aliphatic carbocycles. The number of anilines is 1. The van der Waals surface area contributed by atoms with E-state index in [1.807, 2.05) is 0 Å². The van der Waals surface area contributed by atoms with Crippen molar-refractivity contribution in [3.63, 3.8) is 0 Å². The summed E-state index contributed by atoms with van der Waals surface area (Å²) in [5.41, 5.74) is 16.6. The van der Waals surface area contributed by atoms with Crippen LogP contribution in [0.1, 0.15) is 130 Å². The van der Waals surface area contributed by atoms with Gasteiger partial charge in [0.2, 0.25) is 0 Å². The van der Waals surface area contributed by atoms with Crippen LogP contribution < -0.4 is 17.2 Å². The minimum Gasteiger partial charge on any atom is -0.396 e. The van der Waals surface area contributed by atoms with Gasteiger partial charge in [-0.25, -0.2) is 37.8 Å². The number of hydrogen-bond acceptors (Lipinski definition) is 45. The molecule has 2 fully saturated rings. The number of nitrogens with two attached hydrogens (primary N) is 3. The van der Waals surface area contributed by atoms with Gasteiger partial charge in [0.25, 0.3) is 0 Å². The standard InChI is InChI=1S/C70H139N7O45P6/c1-50(33-78)67(119-56(36-81)51(2)84)105-23-11-5-8-14-26-108-124(90,91)111-29-17-20-100-42-70(43-101-21-18-30-112-125(92,93)109-27-15-9-6-12-24-106-68(54(71)35-80)120-57(37-82)52(3)85,44-102-22-19-31-113-126(94,95)110-28-16-10-7-13-25-107-69-61(72)64(87)63(86)58(38-83)121-69)45-115-127(96,97)116-48-103-39-53(34-79)40-104-49-117-128(98,99)122-55-32-60(118-59(55)41-114-123(4,88)89)77-47-76-62-65(73)74-46-75-66(62)77/h46-47,50-61,63-64,67-69,78-87H,5-45,48-49,71-72H2,1-4H3,(H,88,89)(H,90,91)(H,92,93)(H,94,95)(H,96,97)(H,98,99)(H2,73,74,75)/t50-,51+,52+,53?,54-,55-,56?,57?,58?,59+,60+,61-,63-,64?,67+,68+,69+,70?/m0/s1. The molecule has 4 rings (SSSR count). The van der Waals surface area contributed by atoms with Crippen LogP contribution in [0.5, 0.6) is 0 Å². The lowest BCUT2D eigenvalue weighted by Crippen LogP contribution is -2.62. The molecule has 0 saturated carbocycles. The molecule has 0 radical (unpaired) electrons. The number of rotatable bonds is 81. The highest BCUT2D eigenvalue weighted by atomic mass is 31.2. The summed E-state index contributed by atoms with van der Waals surface area (Å²) < 4.78 is 205. The second kappa shape index (κ2) is 63.6. The van der Waals surface area contributed by atoms with Crippen LogP contribution in [0, 0.1) is 17.3 Å². The highest BCUT2D eigenvalue weighted by Gasteiger charge is 2.46. The first-order valence-corrected chi connectivity index (χ1v) is 51.4. The maximum absolute atomic E-state index is 13.7. The van der Waals surface area contributed by atoms with Crippen molar-refractivity contribution in [1.82, 2.24) is 19.5 Å². The Balaban J connectivity index is 1.39. The number of hydrogen-bond donors (Lipinski definition) is 19. The lowest BCUT2D eigenvalue weighted by Gasteiger charge is -2.40. The summed E-state index contributed by atoms with van der Waals surface area (Å²) in [6, 6.07) is -2.04. The Kier molecular flexibility index (Phi) is 58.8. The van der Waals surface area contributed by atoms with Gasteiger partial charge >= 0.3 is 46.7 Å². The van der Waals surface area contributed by atoms with E-state index in [1.165, 1.54) is 31.1 Å². The fraction of sp³-hybridized carbons (Fsp3) is 0.929. The van der Waals surface area contributed by atoms with Gasteiger partial charge in [-0.05, 0) is 71.6 Å². The Morgan fingerprint density at radius 3 is 1.41 bits per heavy atom. The maximum Gasteiger partial charge on any atom is 0.474 e. The first-order valence-electron chi connectivity index (χ1n) is 41.9. The smallest absolute Gasteiger partial charge is 0.396 e. The van der Waals surface area contributed by atoms with Gasteiger partial charge < -0.3 is 159 Å². The molecule has 12 unspecified atom stereocenters. The molecular formula is C70H139N7O45P6. The molecule has 2 aliphatic rings. The van der Waals surface area contributed by atoms with Crippen molar-refractivity contribution in [3.8, 4) is 0 Å². The molecule has 0 amide bonds. The monoisotopic (exact) mass is 1980 g/mol. The normalized spacial score (nSPS) is 23.8. The predicted octanol–water partition coefficient (Wildman–Crippen LogP) is 0.942. The molecule has 2 aromatic rings. The number of aromatic nitrogens is 4. The number of unbranched alkanes of at least 4 members (excludes halogenated alkanes) is 9. The number of ether oxygens (including phenoxy) is 12. The average Bonchev–Trinajstić information content (AvgIpc) is 1.63. The van der Waals surface area contributed by atoms with Crippen molar-refractivity contribution >= 4 is 63.7 Å². The summed E-state index contributed by atoms with van der Waals surface area (Å²) in [5, 5.41) is 98.0. The fourth-order valence-corrected chi connectivity index (χ4v) is 16.1. The van der Waals surface area contributed by atoms with Gasteiger partial charge in [0.15, 0.2) is 43.9 Å². The second-order valence-electron chi connectivity index (χ2n) is 30.4. The molecule has 0 bridgehead atoms. The third-order valence-electron chi connectivity index (χ3n) is 19.0. The Morgan fingerprint density at radius 1 is 0.500 bits per heavy atom. The van der Waals surface area contributed by atoms with E-state index in [1.54, 1.807) is 6.92 Å². The number of fused-ring (bicyclic) bond motifs is 1. The molecule has 2 aromatic heterocycles. The minimum atomic E-state index is -5.19. The number of nitrogens with zero attached hydrogens (tertiary/aromatic N) is 4. The quantitative estimate of drug-likeness (QED) is 0.0249. The lowest BCUT2D eigenvalue weighted by molar-refractivity contribution is -0.265. The van der Waals surface area contributed by atoms with E-state index < -0.39 is 269 Å². The van der Waals surface area contributed by atoms with Gasteiger partial charge in [-0.2, -0.15) is 0 Å². The molecule has 0 aromatic carbocycles. The van der Waals surface area contributed by atoms with E-state index in [-0.39, 0.29) is 109 Å². The zero-order valence-corrected chi connectivity index (χ0v) is 77.9. The Morgan fingerprint density at radius 2 is 0.953 bits per heavy atom. The molecule has 22 N–H and O–H groups in total. The fourth-order valence-electron chi connectivity index (χ4n) is 11.7. The molecule has 754 valence electrons. The Hall–Kier alpha value is -1.91. The summed E-state index contributed by atoms with van der Waals surface area (Å²) in [6.45, 7) is -4.96. The van der Waals surface area contributed by atoms with Gasteiger partial charge in [-0.1, -0.05) is 45.4 Å². The number of phosphoric ester groups is 5. The van der Waals surface area contributed by atoms with Crippen molar-refractivity contribution in [2.75, 3.05) is 191 Å². The summed E-state index contributed by atoms with van der Waals surface area (Å²) in [7, 11) is -28.2. The van der Waals surface area contributed by atoms with Crippen LogP contribution in [0.15, 0.2) is 12.7 Å². The van der Waals surface area contributed by atoms with Crippen LogP contribution >= 0.6 is 46.7 Å². The molecule has 2 aliphatic heterocycles. The number of imidazole rings is 1. The van der Waals surface area contributed by atoms with Crippen molar-refractivity contribution in [3.05, 3.63) is 12.7 Å². The van der Waals surface area contributed by atoms with Crippen molar-refractivity contribution in [2.45, 2.75) is 216 Å². The molecule has 58 heteroatoms. The zero-order chi connectivity index (χ0) is 94.8. The van der Waals surface area contributed by atoms with Crippen LogP contribution in [0.4, 0.5) is 5.82 Å². The number of aliphatic hydroxyl groups is 10. The number of phosphoric acid groups is 5. The minimum absolute atomic E-state index is 0.0556. The van der Waals surface area contributed by atoms with E-state index in [4.69, 9.17) is 124 Å². The predicted molar refractivity (Wildman–Crippen MR) is 444 cm³/mol. The van der Waals surface area contributed by atoms with E-state index in [2.05, 4.69) is 15.0 Å². The van der Waals surface area contributed by atoms with Crippen LogP contribution in [0.3, 0.4) is 0 Å². The van der Waals surface area contributed by atoms with E-state index in [9.17, 15) is 108 Å². The summed E-state index contributed by atoms with van der Waals surface area (Å²) in [5.74, 6) is -1.36. The van der Waals surface area contributed by atoms with E-state index in [0.29, 0.717) is 77.0 Å². The Bertz CT molecular complexity index is 3480. The second-order valence-corrected chi connectivity index (χ2v) is 39.5. The molecule has 24 atom stereocenters. The summed E-state index contributed by atoms with van der Waals surface area (Å²) in [4.78, 5) is 75.5. The van der Waals surface area contributed by atoms with Crippen LogP contribution in [-0.2, 0) is 134 Å².